The van der Waals surface area contributed by atoms with E-state index in [-0.39, 0.29) is 12.1 Å². The number of piperidine rings is 1. The average molecular weight is 460 g/mol. The van der Waals surface area contributed by atoms with Crippen molar-refractivity contribution in [3.05, 3.63) is 65.7 Å². The molecular weight excluding hydrogens is 418 g/mol. The topological polar surface area (TPSA) is 35.6 Å². The second kappa shape index (κ2) is 10.5. The first-order valence-corrected chi connectivity index (χ1v) is 13.6. The average Bonchev–Trinajstić information content (AvgIpc) is 3.15. The van der Waals surface area contributed by atoms with Crippen LogP contribution in [-0.2, 0) is 4.79 Å². The van der Waals surface area contributed by atoms with Crippen molar-refractivity contribution in [2.24, 2.45) is 0 Å². The molecule has 2 aromatic carbocycles. The van der Waals surface area contributed by atoms with Gasteiger partial charge in [-0.05, 0) is 55.9 Å². The van der Waals surface area contributed by atoms with E-state index in [1.807, 2.05) is 6.07 Å². The number of nitrogens with zero attached hydrogens (tertiary/aromatic N) is 2. The number of hydrogen-bond acceptors (Lipinski definition) is 3. The van der Waals surface area contributed by atoms with Crippen LogP contribution < -0.4 is 10.2 Å². The number of hydrogen-bond donors (Lipinski definition) is 1. The van der Waals surface area contributed by atoms with Gasteiger partial charge >= 0.3 is 0 Å². The minimum Gasteiger partial charge on any atom is -0.332 e. The molecule has 1 saturated carbocycles. The molecule has 3 fully saturated rings. The summed E-state index contributed by atoms with van der Waals surface area (Å²) in [5, 5.41) is 3.40. The Labute approximate surface area is 205 Å². The minimum atomic E-state index is -0.471. The van der Waals surface area contributed by atoms with Crippen LogP contribution in [0.5, 0.6) is 0 Å². The fraction of sp³-hybridized carbons (Fsp3) is 0.567. The molecule has 182 valence electrons. The summed E-state index contributed by atoms with van der Waals surface area (Å²) < 4.78 is 0. The Morgan fingerprint density at radius 2 is 1.47 bits per heavy atom. The van der Waals surface area contributed by atoms with E-state index in [0.717, 1.165) is 37.2 Å². The standard InChI is InChI=1S/C30H41N3O/c1-24-13-12-18-27(23-24)33-28(25-14-8-7-9-15-25)31-29(34)30(33)19-21-32(22-20-30)26-16-10-5-3-2-4-6-11-17-26/h7-9,12-15,18,23,26,28H,2-6,10-11,16-17,19-22H2,1H3,(H,31,34)/t28-/m1/s1. The first kappa shape index (κ1) is 23.4. The van der Waals surface area contributed by atoms with E-state index in [9.17, 15) is 4.79 Å². The van der Waals surface area contributed by atoms with Gasteiger partial charge in [-0.1, -0.05) is 87.4 Å². The number of aryl methyl sites for hydroxylation is 1. The van der Waals surface area contributed by atoms with E-state index in [1.165, 1.54) is 63.4 Å². The van der Waals surface area contributed by atoms with Gasteiger partial charge in [0.25, 0.3) is 0 Å². The summed E-state index contributed by atoms with van der Waals surface area (Å²) in [6.45, 7) is 4.17. The number of amides is 1. The molecule has 1 atom stereocenters. The number of rotatable bonds is 3. The van der Waals surface area contributed by atoms with Crippen LogP contribution in [0, 0.1) is 6.92 Å². The summed E-state index contributed by atoms with van der Waals surface area (Å²) in [6.07, 6.45) is 14.0. The van der Waals surface area contributed by atoms with Crippen molar-refractivity contribution in [1.82, 2.24) is 10.2 Å². The summed E-state index contributed by atoms with van der Waals surface area (Å²) in [4.78, 5) is 18.8. The Morgan fingerprint density at radius 3 is 2.12 bits per heavy atom. The molecule has 1 N–H and O–H groups in total. The third kappa shape index (κ3) is 4.75. The van der Waals surface area contributed by atoms with E-state index in [0.29, 0.717) is 6.04 Å². The Morgan fingerprint density at radius 1 is 0.824 bits per heavy atom. The van der Waals surface area contributed by atoms with Gasteiger partial charge in [0.2, 0.25) is 5.91 Å². The third-order valence-corrected chi connectivity index (χ3v) is 8.52. The van der Waals surface area contributed by atoms with Crippen LogP contribution in [0.25, 0.3) is 0 Å². The Hall–Kier alpha value is -2.33. The van der Waals surface area contributed by atoms with Crippen LogP contribution in [-0.4, -0.2) is 35.5 Å². The van der Waals surface area contributed by atoms with Crippen LogP contribution in [0.15, 0.2) is 54.6 Å². The van der Waals surface area contributed by atoms with Crippen LogP contribution in [0.4, 0.5) is 5.69 Å². The van der Waals surface area contributed by atoms with Crippen molar-refractivity contribution in [3.8, 4) is 0 Å². The number of nitrogens with one attached hydrogen (secondary N) is 1. The van der Waals surface area contributed by atoms with Gasteiger partial charge in [0.15, 0.2) is 0 Å². The molecule has 34 heavy (non-hydrogen) atoms. The summed E-state index contributed by atoms with van der Waals surface area (Å²) in [5.74, 6) is 0.202. The molecule has 2 aromatic rings. The first-order chi connectivity index (χ1) is 16.7. The highest BCUT2D eigenvalue weighted by molar-refractivity contribution is 5.94. The fourth-order valence-corrected chi connectivity index (χ4v) is 6.60. The fourth-order valence-electron chi connectivity index (χ4n) is 6.60. The molecule has 4 heteroatoms. The maximum absolute atomic E-state index is 13.7. The number of benzene rings is 2. The molecule has 0 radical (unpaired) electrons. The van der Waals surface area contributed by atoms with Crippen molar-refractivity contribution in [2.45, 2.75) is 95.3 Å². The second-order valence-electron chi connectivity index (χ2n) is 10.8. The molecule has 0 bridgehead atoms. The maximum Gasteiger partial charge on any atom is 0.247 e. The quantitative estimate of drug-likeness (QED) is 0.580. The van der Waals surface area contributed by atoms with Gasteiger partial charge in [-0.3, -0.25) is 4.79 Å². The zero-order valence-corrected chi connectivity index (χ0v) is 20.8. The first-order valence-electron chi connectivity index (χ1n) is 13.6. The second-order valence-corrected chi connectivity index (χ2v) is 10.8. The molecule has 0 unspecified atom stereocenters. The molecule has 1 amide bonds. The molecule has 2 aliphatic heterocycles. The lowest BCUT2D eigenvalue weighted by molar-refractivity contribution is -0.125. The molecule has 2 saturated heterocycles. The third-order valence-electron chi connectivity index (χ3n) is 8.52. The molecule has 0 aromatic heterocycles. The molecule has 4 nitrogen and oxygen atoms in total. The number of carbonyl (C=O) groups is 1. The molecule has 1 spiro atoms. The van der Waals surface area contributed by atoms with E-state index < -0.39 is 5.54 Å². The van der Waals surface area contributed by atoms with E-state index in [1.54, 1.807) is 0 Å². The van der Waals surface area contributed by atoms with Crippen LogP contribution in [0.2, 0.25) is 0 Å². The summed E-state index contributed by atoms with van der Waals surface area (Å²) in [6, 6.07) is 19.8. The number of likely N-dealkylation sites (tertiary alicyclic amines) is 1. The SMILES string of the molecule is Cc1cccc(N2[C@H](c3ccccc3)NC(=O)C23CCN(C2CCCCCCCCC2)CC3)c1. The minimum absolute atomic E-state index is 0.115. The van der Waals surface area contributed by atoms with Crippen LogP contribution >= 0.6 is 0 Å². The lowest BCUT2D eigenvalue weighted by atomic mass is 9.83. The normalized spacial score (nSPS) is 24.8. The van der Waals surface area contributed by atoms with Gasteiger partial charge in [0, 0.05) is 24.8 Å². The van der Waals surface area contributed by atoms with Crippen molar-refractivity contribution in [2.75, 3.05) is 18.0 Å². The largest absolute Gasteiger partial charge is 0.332 e. The highest BCUT2D eigenvalue weighted by Gasteiger charge is 2.55. The van der Waals surface area contributed by atoms with Crippen molar-refractivity contribution >= 4 is 11.6 Å². The lowest BCUT2D eigenvalue weighted by Crippen LogP contribution is -2.58. The molecule has 1 aliphatic carbocycles. The van der Waals surface area contributed by atoms with Crippen LogP contribution in [0.3, 0.4) is 0 Å². The van der Waals surface area contributed by atoms with E-state index in [2.05, 4.69) is 70.6 Å². The van der Waals surface area contributed by atoms with Gasteiger partial charge in [-0.2, -0.15) is 0 Å². The Kier molecular flexibility index (Phi) is 7.24. The van der Waals surface area contributed by atoms with Gasteiger partial charge in [-0.15, -0.1) is 0 Å². The molecular formula is C30H41N3O. The van der Waals surface area contributed by atoms with Crippen molar-refractivity contribution in [3.63, 3.8) is 0 Å². The number of anilines is 1. The lowest BCUT2D eigenvalue weighted by Gasteiger charge is -2.47. The smallest absolute Gasteiger partial charge is 0.247 e. The maximum atomic E-state index is 13.7. The van der Waals surface area contributed by atoms with Crippen molar-refractivity contribution < 1.29 is 4.79 Å². The Balaban J connectivity index is 1.39. The zero-order chi connectivity index (χ0) is 23.4. The van der Waals surface area contributed by atoms with Gasteiger partial charge in [0.05, 0.1) is 0 Å². The highest BCUT2D eigenvalue weighted by Crippen LogP contribution is 2.44. The predicted octanol–water partition coefficient (Wildman–Crippen LogP) is 6.36. The summed E-state index contributed by atoms with van der Waals surface area (Å²) in [7, 11) is 0. The van der Waals surface area contributed by atoms with Crippen LogP contribution in [0.1, 0.15) is 87.9 Å². The number of carbonyl (C=O) groups excluding carboxylic acids is 1. The summed E-state index contributed by atoms with van der Waals surface area (Å²) in [5.41, 5.74) is 3.07. The van der Waals surface area contributed by atoms with Gasteiger partial charge < -0.3 is 15.1 Å². The monoisotopic (exact) mass is 459 g/mol. The molecule has 3 aliphatic rings. The molecule has 5 rings (SSSR count). The zero-order valence-electron chi connectivity index (χ0n) is 20.8. The Bertz CT molecular complexity index is 941. The van der Waals surface area contributed by atoms with Crippen molar-refractivity contribution in [1.29, 1.82) is 0 Å². The van der Waals surface area contributed by atoms with Gasteiger partial charge in [0.1, 0.15) is 11.7 Å². The van der Waals surface area contributed by atoms with E-state index in [4.69, 9.17) is 0 Å². The summed E-state index contributed by atoms with van der Waals surface area (Å²) >= 11 is 0. The predicted molar refractivity (Wildman–Crippen MR) is 140 cm³/mol. The van der Waals surface area contributed by atoms with E-state index >= 15 is 0 Å². The highest BCUT2D eigenvalue weighted by atomic mass is 16.2. The molecule has 2 heterocycles. The van der Waals surface area contributed by atoms with Gasteiger partial charge in [-0.25, -0.2) is 0 Å².